The molecular formula is C24H25N5O5. The molecule has 0 saturated carbocycles. The van der Waals surface area contributed by atoms with E-state index in [1.54, 1.807) is 44.7 Å². The highest BCUT2D eigenvalue weighted by atomic mass is 16.6. The molecule has 1 unspecified atom stereocenters. The third kappa shape index (κ3) is 4.85. The van der Waals surface area contributed by atoms with Crippen LogP contribution in [0.5, 0.6) is 11.5 Å². The van der Waals surface area contributed by atoms with Gasteiger partial charge in [0, 0.05) is 17.4 Å². The number of benzene rings is 2. The van der Waals surface area contributed by atoms with Gasteiger partial charge >= 0.3 is 6.09 Å². The van der Waals surface area contributed by atoms with Gasteiger partial charge in [0.1, 0.15) is 17.5 Å². The van der Waals surface area contributed by atoms with Crippen molar-refractivity contribution in [2.24, 2.45) is 5.10 Å². The molecule has 1 atom stereocenters. The summed E-state index contributed by atoms with van der Waals surface area (Å²) in [6.45, 7) is 2.14. The van der Waals surface area contributed by atoms with Crippen LogP contribution < -0.4 is 14.8 Å². The lowest BCUT2D eigenvalue weighted by Crippen LogP contribution is -2.41. The number of H-pyrrole nitrogens is 1. The Balaban J connectivity index is 1.53. The number of aromatic amines is 1. The van der Waals surface area contributed by atoms with Crippen LogP contribution in [0.15, 0.2) is 59.8 Å². The van der Waals surface area contributed by atoms with Crippen molar-refractivity contribution in [1.82, 2.24) is 15.2 Å². The molecule has 10 heteroatoms. The molecule has 0 spiro atoms. The minimum absolute atomic E-state index is 0.208. The summed E-state index contributed by atoms with van der Waals surface area (Å²) in [5.41, 5.74) is 3.13. The molecule has 34 heavy (non-hydrogen) atoms. The second-order valence-electron chi connectivity index (χ2n) is 7.50. The number of nitrogens with one attached hydrogen (secondary N) is 2. The zero-order valence-corrected chi connectivity index (χ0v) is 19.1. The van der Waals surface area contributed by atoms with Crippen molar-refractivity contribution in [3.8, 4) is 11.5 Å². The summed E-state index contributed by atoms with van der Waals surface area (Å²) in [5, 5.41) is 15.1. The molecule has 2 heterocycles. The molecule has 0 aliphatic carbocycles. The van der Waals surface area contributed by atoms with Gasteiger partial charge in [-0.3, -0.25) is 9.89 Å². The topological polar surface area (TPSA) is 118 Å². The van der Waals surface area contributed by atoms with Crippen LogP contribution in [0.2, 0.25) is 0 Å². The number of cyclic esters (lactones) is 1. The first-order valence-electron chi connectivity index (χ1n) is 10.7. The van der Waals surface area contributed by atoms with Crippen molar-refractivity contribution in [2.45, 2.75) is 26.0 Å². The number of rotatable bonds is 8. The van der Waals surface area contributed by atoms with E-state index in [4.69, 9.17) is 14.2 Å². The van der Waals surface area contributed by atoms with Crippen molar-refractivity contribution in [1.29, 1.82) is 0 Å². The molecule has 0 bridgehead atoms. The maximum absolute atomic E-state index is 12.6. The van der Waals surface area contributed by atoms with E-state index in [0.29, 0.717) is 35.0 Å². The fraction of sp³-hybridized carbons (Fsp3) is 0.250. The summed E-state index contributed by atoms with van der Waals surface area (Å²) in [6, 6.07) is 14.2. The van der Waals surface area contributed by atoms with Gasteiger partial charge in [-0.2, -0.15) is 15.2 Å². The summed E-state index contributed by atoms with van der Waals surface area (Å²) in [6.07, 6.45) is 1.17. The number of hydrogen-bond donors (Lipinski definition) is 2. The standard InChI is InChI=1S/C24H25N5O5/c1-4-19-22(16-7-10-20(32-2)21(13-16)33-3)28-29(24(31)34-19)14-15-5-8-17(9-6-15)26-23(30)18-11-12-25-27-18/h5-13,19H,4,14H2,1-3H3,(H,25,27)(H,26,30). The van der Waals surface area contributed by atoms with E-state index in [-0.39, 0.29) is 12.5 Å². The number of methoxy groups -OCH3 is 2. The zero-order chi connectivity index (χ0) is 24.1. The Morgan fingerprint density at radius 2 is 1.88 bits per heavy atom. The molecule has 0 saturated heterocycles. The summed E-state index contributed by atoms with van der Waals surface area (Å²) >= 11 is 0. The van der Waals surface area contributed by atoms with Gasteiger partial charge in [0.2, 0.25) is 0 Å². The average Bonchev–Trinajstić information content (AvgIpc) is 3.41. The molecule has 0 radical (unpaired) electrons. The molecule has 1 aliphatic heterocycles. The van der Waals surface area contributed by atoms with Crippen LogP contribution in [-0.2, 0) is 11.3 Å². The van der Waals surface area contributed by atoms with Crippen molar-refractivity contribution < 1.29 is 23.8 Å². The summed E-state index contributed by atoms with van der Waals surface area (Å²) in [5.74, 6) is 0.848. The number of amides is 2. The lowest BCUT2D eigenvalue weighted by atomic mass is 10.0. The van der Waals surface area contributed by atoms with E-state index < -0.39 is 12.2 Å². The first-order valence-corrected chi connectivity index (χ1v) is 10.7. The van der Waals surface area contributed by atoms with Gasteiger partial charge in [0.15, 0.2) is 11.5 Å². The Morgan fingerprint density at radius 3 is 2.53 bits per heavy atom. The fourth-order valence-corrected chi connectivity index (χ4v) is 3.54. The van der Waals surface area contributed by atoms with E-state index in [1.807, 2.05) is 31.2 Å². The van der Waals surface area contributed by atoms with Crippen LogP contribution in [0.4, 0.5) is 10.5 Å². The number of carbonyl (C=O) groups excluding carboxylic acids is 2. The van der Waals surface area contributed by atoms with Crippen molar-refractivity contribution >= 4 is 23.4 Å². The third-order valence-electron chi connectivity index (χ3n) is 5.31. The molecule has 2 aromatic carbocycles. The average molecular weight is 463 g/mol. The van der Waals surface area contributed by atoms with Gasteiger partial charge < -0.3 is 19.5 Å². The quantitative estimate of drug-likeness (QED) is 0.524. The second-order valence-corrected chi connectivity index (χ2v) is 7.50. The van der Waals surface area contributed by atoms with E-state index in [2.05, 4.69) is 20.6 Å². The number of nitrogens with zero attached hydrogens (tertiary/aromatic N) is 3. The molecule has 10 nitrogen and oxygen atoms in total. The van der Waals surface area contributed by atoms with Gasteiger partial charge in [-0.15, -0.1) is 0 Å². The summed E-state index contributed by atoms with van der Waals surface area (Å²) in [7, 11) is 3.14. The molecule has 1 aliphatic rings. The SMILES string of the molecule is CCC1OC(=O)N(Cc2ccc(NC(=O)c3cc[nH]n3)cc2)N=C1c1ccc(OC)c(OC)c1. The monoisotopic (exact) mass is 463 g/mol. The Morgan fingerprint density at radius 1 is 1.12 bits per heavy atom. The lowest BCUT2D eigenvalue weighted by Gasteiger charge is -2.29. The number of carbonyl (C=O) groups is 2. The van der Waals surface area contributed by atoms with Gasteiger partial charge in [-0.1, -0.05) is 19.1 Å². The van der Waals surface area contributed by atoms with Crippen molar-refractivity contribution in [2.75, 3.05) is 19.5 Å². The second kappa shape index (κ2) is 10.1. The first kappa shape index (κ1) is 22.8. The molecule has 0 fully saturated rings. The van der Waals surface area contributed by atoms with Crippen LogP contribution in [0.1, 0.15) is 35.0 Å². The molecular weight excluding hydrogens is 438 g/mol. The number of ether oxygens (including phenoxy) is 3. The van der Waals surface area contributed by atoms with Crippen LogP contribution in [0.3, 0.4) is 0 Å². The predicted molar refractivity (Wildman–Crippen MR) is 125 cm³/mol. The minimum atomic E-state index is -0.521. The van der Waals surface area contributed by atoms with Crippen molar-refractivity contribution in [3.05, 3.63) is 71.5 Å². The highest BCUT2D eigenvalue weighted by molar-refractivity contribution is 6.06. The minimum Gasteiger partial charge on any atom is -0.493 e. The molecule has 176 valence electrons. The van der Waals surface area contributed by atoms with E-state index in [9.17, 15) is 9.59 Å². The fourth-order valence-electron chi connectivity index (χ4n) is 3.54. The van der Waals surface area contributed by atoms with Gasteiger partial charge in [-0.25, -0.2) is 4.79 Å². The van der Waals surface area contributed by atoms with Gasteiger partial charge in [0.05, 0.1) is 20.8 Å². The highest BCUT2D eigenvalue weighted by Gasteiger charge is 2.31. The number of hydrazone groups is 1. The Hall–Kier alpha value is -4.34. The molecule has 1 aromatic heterocycles. The van der Waals surface area contributed by atoms with Gasteiger partial charge in [-0.05, 0) is 48.4 Å². The maximum atomic E-state index is 12.6. The number of hydrogen-bond acceptors (Lipinski definition) is 7. The van der Waals surface area contributed by atoms with Crippen molar-refractivity contribution in [3.63, 3.8) is 0 Å². The normalized spacial score (nSPS) is 15.4. The third-order valence-corrected chi connectivity index (χ3v) is 5.31. The lowest BCUT2D eigenvalue weighted by molar-refractivity contribution is 0.0712. The smallest absolute Gasteiger partial charge is 0.431 e. The Labute approximate surface area is 196 Å². The molecule has 2 N–H and O–H groups in total. The van der Waals surface area contributed by atoms with E-state index in [0.717, 1.165) is 11.1 Å². The number of aromatic nitrogens is 2. The van der Waals surface area contributed by atoms with Crippen LogP contribution in [-0.4, -0.2) is 53.2 Å². The number of anilines is 1. The predicted octanol–water partition coefficient (Wildman–Crippen LogP) is 3.81. The summed E-state index contributed by atoms with van der Waals surface area (Å²) < 4.78 is 16.4. The molecule has 2 amide bonds. The Kier molecular flexibility index (Phi) is 6.77. The van der Waals surface area contributed by atoms with Crippen LogP contribution in [0, 0.1) is 0 Å². The Bertz CT molecular complexity index is 1190. The maximum Gasteiger partial charge on any atom is 0.431 e. The highest BCUT2D eigenvalue weighted by Crippen LogP contribution is 2.30. The van der Waals surface area contributed by atoms with E-state index in [1.165, 1.54) is 5.01 Å². The van der Waals surface area contributed by atoms with Crippen LogP contribution >= 0.6 is 0 Å². The van der Waals surface area contributed by atoms with E-state index >= 15 is 0 Å². The van der Waals surface area contributed by atoms with Crippen LogP contribution in [0.25, 0.3) is 0 Å². The first-order chi connectivity index (χ1) is 16.5. The summed E-state index contributed by atoms with van der Waals surface area (Å²) in [4.78, 5) is 24.7. The van der Waals surface area contributed by atoms with Gasteiger partial charge in [0.25, 0.3) is 5.91 Å². The zero-order valence-electron chi connectivity index (χ0n) is 19.1. The molecule has 4 rings (SSSR count). The molecule has 3 aromatic rings. The largest absolute Gasteiger partial charge is 0.493 e.